The molecule has 1 aromatic heterocycles. The lowest BCUT2D eigenvalue weighted by Crippen LogP contribution is -2.02. The maximum Gasteiger partial charge on any atom is 0.0596 e. The zero-order valence-corrected chi connectivity index (χ0v) is 8.62. The van der Waals surface area contributed by atoms with Crippen LogP contribution in [0.1, 0.15) is 31.2 Å². The van der Waals surface area contributed by atoms with E-state index in [4.69, 9.17) is 5.11 Å². The Morgan fingerprint density at radius 2 is 2.31 bits per heavy atom. The van der Waals surface area contributed by atoms with E-state index >= 15 is 0 Å². The second kappa shape index (κ2) is 4.42. The van der Waals surface area contributed by atoms with Crippen molar-refractivity contribution in [2.75, 3.05) is 0 Å². The number of hydrogen-bond acceptors (Lipinski definition) is 2. The second-order valence-electron chi connectivity index (χ2n) is 3.64. The molecule has 0 aromatic carbocycles. The van der Waals surface area contributed by atoms with Crippen LogP contribution in [0, 0.1) is 6.92 Å². The molecular formula is C10H18N2O. The van der Waals surface area contributed by atoms with Crippen LogP contribution in [0.3, 0.4) is 0 Å². The van der Waals surface area contributed by atoms with E-state index < -0.39 is 0 Å². The average molecular weight is 182 g/mol. The summed E-state index contributed by atoms with van der Waals surface area (Å²) in [6.45, 7) is 3.83. The van der Waals surface area contributed by atoms with Gasteiger partial charge < -0.3 is 5.11 Å². The van der Waals surface area contributed by atoms with Gasteiger partial charge in [-0.05, 0) is 39.2 Å². The number of aliphatic hydroxyl groups is 1. The molecule has 1 N–H and O–H groups in total. The van der Waals surface area contributed by atoms with Crippen molar-refractivity contribution in [3.63, 3.8) is 0 Å². The van der Waals surface area contributed by atoms with Crippen LogP contribution in [-0.2, 0) is 13.5 Å². The molecule has 0 saturated heterocycles. The second-order valence-corrected chi connectivity index (χ2v) is 3.64. The monoisotopic (exact) mass is 182 g/mol. The normalized spacial score (nSPS) is 13.2. The van der Waals surface area contributed by atoms with E-state index in [9.17, 15) is 0 Å². The van der Waals surface area contributed by atoms with Crippen molar-refractivity contribution in [2.45, 2.75) is 39.2 Å². The lowest BCUT2D eigenvalue weighted by Gasteiger charge is -2.03. The van der Waals surface area contributed by atoms with Gasteiger partial charge in [0.2, 0.25) is 0 Å². The molecule has 0 aliphatic carbocycles. The fourth-order valence-corrected chi connectivity index (χ4v) is 1.48. The number of aliphatic hydroxyl groups excluding tert-OH is 1. The molecule has 0 bridgehead atoms. The van der Waals surface area contributed by atoms with E-state index in [0.717, 1.165) is 25.0 Å². The Labute approximate surface area is 79.4 Å². The highest BCUT2D eigenvalue weighted by molar-refractivity contribution is 5.08. The molecule has 3 nitrogen and oxygen atoms in total. The summed E-state index contributed by atoms with van der Waals surface area (Å²) in [5.74, 6) is 0. The van der Waals surface area contributed by atoms with E-state index in [1.54, 1.807) is 0 Å². The quantitative estimate of drug-likeness (QED) is 0.765. The van der Waals surface area contributed by atoms with Gasteiger partial charge in [0.05, 0.1) is 11.8 Å². The average Bonchev–Trinajstić information content (AvgIpc) is 2.29. The van der Waals surface area contributed by atoms with Crippen molar-refractivity contribution in [1.29, 1.82) is 0 Å². The van der Waals surface area contributed by atoms with E-state index in [0.29, 0.717) is 0 Å². The summed E-state index contributed by atoms with van der Waals surface area (Å²) in [5, 5.41) is 13.3. The van der Waals surface area contributed by atoms with Crippen molar-refractivity contribution >= 4 is 0 Å². The van der Waals surface area contributed by atoms with Gasteiger partial charge in [-0.2, -0.15) is 5.10 Å². The molecule has 3 heteroatoms. The predicted molar refractivity (Wildman–Crippen MR) is 52.6 cm³/mol. The molecule has 0 saturated carbocycles. The number of hydrogen-bond donors (Lipinski definition) is 1. The minimum Gasteiger partial charge on any atom is -0.393 e. The SMILES string of the molecule is Cc1cc(CCCC(C)O)n(C)n1. The molecule has 0 spiro atoms. The Morgan fingerprint density at radius 3 is 2.77 bits per heavy atom. The van der Waals surface area contributed by atoms with E-state index in [-0.39, 0.29) is 6.10 Å². The molecule has 1 aromatic rings. The van der Waals surface area contributed by atoms with Gasteiger partial charge >= 0.3 is 0 Å². The molecule has 1 atom stereocenters. The molecule has 0 aliphatic rings. The van der Waals surface area contributed by atoms with Crippen LogP contribution in [-0.4, -0.2) is 21.0 Å². The number of aryl methyl sites for hydroxylation is 3. The topological polar surface area (TPSA) is 38.0 Å². The van der Waals surface area contributed by atoms with Crippen LogP contribution in [0.25, 0.3) is 0 Å². The molecule has 1 heterocycles. The predicted octanol–water partition coefficient (Wildman–Crippen LogP) is 1.43. The third-order valence-electron chi connectivity index (χ3n) is 2.15. The number of rotatable bonds is 4. The number of nitrogens with zero attached hydrogens (tertiary/aromatic N) is 2. The highest BCUT2D eigenvalue weighted by Gasteiger charge is 2.02. The van der Waals surface area contributed by atoms with Gasteiger partial charge in [0.1, 0.15) is 0 Å². The van der Waals surface area contributed by atoms with Crippen LogP contribution in [0.15, 0.2) is 6.07 Å². The summed E-state index contributed by atoms with van der Waals surface area (Å²) in [6.07, 6.45) is 2.71. The Hall–Kier alpha value is -0.830. The summed E-state index contributed by atoms with van der Waals surface area (Å²) in [5.41, 5.74) is 2.31. The van der Waals surface area contributed by atoms with Crippen molar-refractivity contribution in [3.8, 4) is 0 Å². The standard InChI is InChI=1S/C10H18N2O/c1-8-7-10(12(3)11-8)6-4-5-9(2)13/h7,9,13H,4-6H2,1-3H3. The summed E-state index contributed by atoms with van der Waals surface area (Å²) in [6, 6.07) is 2.10. The first-order valence-corrected chi connectivity index (χ1v) is 4.77. The van der Waals surface area contributed by atoms with Gasteiger partial charge in [-0.15, -0.1) is 0 Å². The third kappa shape index (κ3) is 3.19. The zero-order chi connectivity index (χ0) is 9.84. The Morgan fingerprint density at radius 1 is 1.62 bits per heavy atom. The first kappa shape index (κ1) is 10.3. The lowest BCUT2D eigenvalue weighted by molar-refractivity contribution is 0.181. The van der Waals surface area contributed by atoms with Crippen LogP contribution in [0.4, 0.5) is 0 Å². The minimum absolute atomic E-state index is 0.186. The third-order valence-corrected chi connectivity index (χ3v) is 2.15. The van der Waals surface area contributed by atoms with Crippen LogP contribution in [0.2, 0.25) is 0 Å². The molecule has 1 rings (SSSR count). The van der Waals surface area contributed by atoms with Crippen LogP contribution < -0.4 is 0 Å². The van der Waals surface area contributed by atoms with Crippen molar-refractivity contribution in [1.82, 2.24) is 9.78 Å². The highest BCUT2D eigenvalue weighted by Crippen LogP contribution is 2.07. The molecule has 0 aliphatic heterocycles. The Kier molecular flexibility index (Phi) is 3.48. The summed E-state index contributed by atoms with van der Waals surface area (Å²) >= 11 is 0. The largest absolute Gasteiger partial charge is 0.393 e. The minimum atomic E-state index is -0.186. The summed E-state index contributed by atoms with van der Waals surface area (Å²) < 4.78 is 1.91. The van der Waals surface area contributed by atoms with E-state index in [1.807, 2.05) is 25.6 Å². The Balaban J connectivity index is 2.40. The summed E-state index contributed by atoms with van der Waals surface area (Å²) in [7, 11) is 1.96. The molecule has 74 valence electrons. The molecule has 1 unspecified atom stereocenters. The van der Waals surface area contributed by atoms with Gasteiger partial charge in [-0.25, -0.2) is 0 Å². The van der Waals surface area contributed by atoms with Crippen molar-refractivity contribution in [3.05, 3.63) is 17.5 Å². The zero-order valence-electron chi connectivity index (χ0n) is 8.62. The number of aromatic nitrogens is 2. The smallest absolute Gasteiger partial charge is 0.0596 e. The first-order chi connectivity index (χ1) is 6.09. The van der Waals surface area contributed by atoms with Gasteiger partial charge in [0.25, 0.3) is 0 Å². The fraction of sp³-hybridized carbons (Fsp3) is 0.700. The van der Waals surface area contributed by atoms with Crippen molar-refractivity contribution < 1.29 is 5.11 Å². The summed E-state index contributed by atoms with van der Waals surface area (Å²) in [4.78, 5) is 0. The van der Waals surface area contributed by atoms with E-state index in [1.165, 1.54) is 5.69 Å². The van der Waals surface area contributed by atoms with Gasteiger partial charge in [-0.1, -0.05) is 0 Å². The maximum absolute atomic E-state index is 9.08. The van der Waals surface area contributed by atoms with Gasteiger partial charge in [0, 0.05) is 12.7 Å². The lowest BCUT2D eigenvalue weighted by atomic mass is 10.1. The maximum atomic E-state index is 9.08. The molecular weight excluding hydrogens is 164 g/mol. The molecule has 0 radical (unpaired) electrons. The van der Waals surface area contributed by atoms with Gasteiger partial charge in [0.15, 0.2) is 0 Å². The fourth-order valence-electron chi connectivity index (χ4n) is 1.48. The van der Waals surface area contributed by atoms with Crippen LogP contribution >= 0.6 is 0 Å². The van der Waals surface area contributed by atoms with Gasteiger partial charge in [-0.3, -0.25) is 4.68 Å². The van der Waals surface area contributed by atoms with E-state index in [2.05, 4.69) is 11.2 Å². The molecule has 0 amide bonds. The Bertz CT molecular complexity index is 266. The van der Waals surface area contributed by atoms with Crippen LogP contribution in [0.5, 0.6) is 0 Å². The highest BCUT2D eigenvalue weighted by atomic mass is 16.3. The first-order valence-electron chi connectivity index (χ1n) is 4.77. The molecule has 13 heavy (non-hydrogen) atoms. The van der Waals surface area contributed by atoms with Crippen molar-refractivity contribution in [2.24, 2.45) is 7.05 Å². The molecule has 0 fully saturated rings.